The van der Waals surface area contributed by atoms with Gasteiger partial charge in [-0.15, -0.1) is 0 Å². The summed E-state index contributed by atoms with van der Waals surface area (Å²) < 4.78 is 11.0. The van der Waals surface area contributed by atoms with Gasteiger partial charge in [0.05, 0.1) is 6.16 Å². The lowest BCUT2D eigenvalue weighted by atomic mass is 10.5. The molecule has 0 aliphatic rings. The Kier molecular flexibility index (Phi) is 3.84. The second-order valence-corrected chi connectivity index (χ2v) is 4.89. The Morgan fingerprint density at radius 3 is 2.40 bits per heavy atom. The standard InChI is InChI=1S/C6H13O3P/c1-3-4-10(8,9)5-6(2)7/h3-5H2,1-2H3,(H,8,9). The molecule has 0 heterocycles. The van der Waals surface area contributed by atoms with E-state index in [9.17, 15) is 9.36 Å². The Hall–Kier alpha value is -0.140. The molecule has 0 aromatic heterocycles. The molecular weight excluding hydrogens is 151 g/mol. The third kappa shape index (κ3) is 4.71. The number of rotatable bonds is 4. The molecular formula is C6H13O3P. The van der Waals surface area contributed by atoms with Crippen molar-refractivity contribution >= 4 is 13.2 Å². The van der Waals surface area contributed by atoms with Crippen LogP contribution in [0.2, 0.25) is 0 Å². The number of ketones is 1. The highest BCUT2D eigenvalue weighted by atomic mass is 31.2. The first kappa shape index (κ1) is 9.86. The van der Waals surface area contributed by atoms with Gasteiger partial charge in [-0.3, -0.25) is 9.36 Å². The van der Waals surface area contributed by atoms with E-state index in [1.165, 1.54) is 6.92 Å². The fourth-order valence-corrected chi connectivity index (χ4v) is 2.33. The Morgan fingerprint density at radius 2 is 2.10 bits per heavy atom. The molecule has 0 saturated carbocycles. The molecule has 60 valence electrons. The minimum Gasteiger partial charge on any atom is -0.344 e. The third-order valence-corrected chi connectivity index (χ3v) is 3.13. The van der Waals surface area contributed by atoms with Crippen LogP contribution in [0.5, 0.6) is 0 Å². The van der Waals surface area contributed by atoms with Crippen LogP contribution in [-0.4, -0.2) is 23.0 Å². The van der Waals surface area contributed by atoms with Gasteiger partial charge in [-0.2, -0.15) is 0 Å². The van der Waals surface area contributed by atoms with E-state index in [2.05, 4.69) is 0 Å². The summed E-state index contributed by atoms with van der Waals surface area (Å²) in [6.45, 7) is 3.15. The smallest absolute Gasteiger partial charge is 0.207 e. The molecule has 0 fully saturated rings. The first-order valence-corrected chi connectivity index (χ1v) is 5.31. The van der Waals surface area contributed by atoms with E-state index in [4.69, 9.17) is 4.89 Å². The van der Waals surface area contributed by atoms with Crippen molar-refractivity contribution in [3.8, 4) is 0 Å². The zero-order chi connectivity index (χ0) is 8.20. The first-order valence-electron chi connectivity index (χ1n) is 3.28. The molecule has 0 amide bonds. The summed E-state index contributed by atoms with van der Waals surface area (Å²) in [6.07, 6.45) is 0.745. The molecule has 1 atom stereocenters. The van der Waals surface area contributed by atoms with Gasteiger partial charge in [-0.05, 0) is 13.3 Å². The fraction of sp³-hybridized carbons (Fsp3) is 0.833. The van der Waals surface area contributed by atoms with Gasteiger partial charge >= 0.3 is 0 Å². The van der Waals surface area contributed by atoms with Crippen LogP contribution in [0.4, 0.5) is 0 Å². The summed E-state index contributed by atoms with van der Waals surface area (Å²) in [6, 6.07) is 0. The van der Waals surface area contributed by atoms with Gasteiger partial charge in [-0.1, -0.05) is 6.92 Å². The highest BCUT2D eigenvalue weighted by molar-refractivity contribution is 7.58. The van der Waals surface area contributed by atoms with Gasteiger partial charge in [0.2, 0.25) is 7.37 Å². The molecule has 3 nitrogen and oxygen atoms in total. The average Bonchev–Trinajstić information content (AvgIpc) is 1.59. The third-order valence-electron chi connectivity index (χ3n) is 1.04. The topological polar surface area (TPSA) is 54.4 Å². The van der Waals surface area contributed by atoms with Crippen LogP contribution in [0, 0.1) is 0 Å². The lowest BCUT2D eigenvalue weighted by Crippen LogP contribution is -2.02. The number of hydrogen-bond acceptors (Lipinski definition) is 2. The summed E-state index contributed by atoms with van der Waals surface area (Å²) in [7, 11) is -3.10. The molecule has 1 N–H and O–H groups in total. The lowest BCUT2D eigenvalue weighted by Gasteiger charge is -2.06. The Labute approximate surface area is 60.9 Å². The zero-order valence-electron chi connectivity index (χ0n) is 6.33. The van der Waals surface area contributed by atoms with Crippen LogP contribution < -0.4 is 0 Å². The minimum atomic E-state index is -3.10. The van der Waals surface area contributed by atoms with E-state index in [-0.39, 0.29) is 18.1 Å². The molecule has 4 heteroatoms. The van der Waals surface area contributed by atoms with E-state index < -0.39 is 7.37 Å². The predicted molar refractivity (Wildman–Crippen MR) is 40.5 cm³/mol. The fourth-order valence-electron chi connectivity index (χ4n) is 0.776. The van der Waals surface area contributed by atoms with Crippen molar-refractivity contribution < 1.29 is 14.3 Å². The Bertz CT molecular complexity index is 164. The quantitative estimate of drug-likeness (QED) is 0.636. The van der Waals surface area contributed by atoms with Crippen molar-refractivity contribution in [2.75, 3.05) is 12.3 Å². The summed E-state index contributed by atoms with van der Waals surface area (Å²) in [5, 5.41) is 0. The second-order valence-electron chi connectivity index (χ2n) is 2.43. The maximum atomic E-state index is 11.0. The molecule has 0 saturated heterocycles. The van der Waals surface area contributed by atoms with Gasteiger partial charge in [0, 0.05) is 6.16 Å². The highest BCUT2D eigenvalue weighted by Gasteiger charge is 2.18. The van der Waals surface area contributed by atoms with Crippen LogP contribution in [-0.2, 0) is 9.36 Å². The first-order chi connectivity index (χ1) is 4.48. The van der Waals surface area contributed by atoms with E-state index in [0.717, 1.165) is 0 Å². The maximum Gasteiger partial charge on any atom is 0.207 e. The van der Waals surface area contributed by atoms with E-state index in [1.807, 2.05) is 6.92 Å². The zero-order valence-corrected chi connectivity index (χ0v) is 7.23. The van der Waals surface area contributed by atoms with Crippen LogP contribution in [0.3, 0.4) is 0 Å². The Morgan fingerprint density at radius 1 is 1.60 bits per heavy atom. The largest absolute Gasteiger partial charge is 0.344 e. The number of Topliss-reactive ketones (excluding diaryl/α,β-unsaturated/α-hetero) is 1. The molecule has 0 aliphatic heterocycles. The molecule has 0 bridgehead atoms. The van der Waals surface area contributed by atoms with Gasteiger partial charge < -0.3 is 4.89 Å². The van der Waals surface area contributed by atoms with Crippen LogP contribution in [0.15, 0.2) is 0 Å². The molecule has 0 aromatic carbocycles. The highest BCUT2D eigenvalue weighted by Crippen LogP contribution is 2.40. The minimum absolute atomic E-state index is 0.166. The van der Waals surface area contributed by atoms with Crippen molar-refractivity contribution in [2.24, 2.45) is 0 Å². The molecule has 0 aliphatic carbocycles. The number of hydrogen-bond donors (Lipinski definition) is 1. The lowest BCUT2D eigenvalue weighted by molar-refractivity contribution is -0.114. The SMILES string of the molecule is CCCP(=O)(O)CC(C)=O. The van der Waals surface area contributed by atoms with Crippen molar-refractivity contribution in [3.63, 3.8) is 0 Å². The molecule has 0 spiro atoms. The van der Waals surface area contributed by atoms with Crippen LogP contribution >= 0.6 is 7.37 Å². The maximum absolute atomic E-state index is 11.0. The van der Waals surface area contributed by atoms with E-state index in [0.29, 0.717) is 6.42 Å². The molecule has 0 aromatic rings. The van der Waals surface area contributed by atoms with Gasteiger partial charge in [-0.25, -0.2) is 0 Å². The van der Waals surface area contributed by atoms with Crippen molar-refractivity contribution in [1.29, 1.82) is 0 Å². The van der Waals surface area contributed by atoms with E-state index in [1.54, 1.807) is 0 Å². The Balaban J connectivity index is 3.87. The van der Waals surface area contributed by atoms with Gasteiger partial charge in [0.25, 0.3) is 0 Å². The average molecular weight is 164 g/mol. The monoisotopic (exact) mass is 164 g/mol. The van der Waals surface area contributed by atoms with Crippen molar-refractivity contribution in [1.82, 2.24) is 0 Å². The molecule has 0 radical (unpaired) electrons. The summed E-state index contributed by atoms with van der Waals surface area (Å²) in [5.74, 6) is -0.209. The van der Waals surface area contributed by atoms with Crippen molar-refractivity contribution in [2.45, 2.75) is 20.3 Å². The second kappa shape index (κ2) is 3.89. The number of carbonyl (C=O) groups excluding carboxylic acids is 1. The molecule has 10 heavy (non-hydrogen) atoms. The normalized spacial score (nSPS) is 16.3. The van der Waals surface area contributed by atoms with Crippen LogP contribution in [0.25, 0.3) is 0 Å². The molecule has 0 rings (SSSR count). The van der Waals surface area contributed by atoms with Gasteiger partial charge in [0.15, 0.2) is 0 Å². The van der Waals surface area contributed by atoms with E-state index >= 15 is 0 Å². The van der Waals surface area contributed by atoms with Crippen molar-refractivity contribution in [3.05, 3.63) is 0 Å². The van der Waals surface area contributed by atoms with Crippen LogP contribution in [0.1, 0.15) is 20.3 Å². The summed E-state index contributed by atoms with van der Waals surface area (Å²) >= 11 is 0. The number of carbonyl (C=O) groups is 1. The summed E-state index contributed by atoms with van der Waals surface area (Å²) in [5.41, 5.74) is 0. The van der Waals surface area contributed by atoms with Gasteiger partial charge in [0.1, 0.15) is 5.78 Å². The predicted octanol–water partition coefficient (Wildman–Crippen LogP) is 1.26. The summed E-state index contributed by atoms with van der Waals surface area (Å²) in [4.78, 5) is 19.4. The molecule has 1 unspecified atom stereocenters.